The monoisotopic (exact) mass is 386 g/mol. The molecule has 0 N–H and O–H groups in total. The zero-order chi connectivity index (χ0) is 18.8. The number of benzene rings is 1. The third-order valence-corrected chi connectivity index (χ3v) is 6.17. The summed E-state index contributed by atoms with van der Waals surface area (Å²) in [5, 5.41) is 5.00. The van der Waals surface area contributed by atoms with Crippen molar-refractivity contribution in [1.29, 1.82) is 0 Å². The van der Waals surface area contributed by atoms with Gasteiger partial charge in [0.2, 0.25) is 5.91 Å². The van der Waals surface area contributed by atoms with Crippen molar-refractivity contribution in [1.82, 2.24) is 19.6 Å². The van der Waals surface area contributed by atoms with Crippen LogP contribution in [0.3, 0.4) is 0 Å². The van der Waals surface area contributed by atoms with E-state index in [4.69, 9.17) is 11.6 Å². The summed E-state index contributed by atoms with van der Waals surface area (Å²) in [6.07, 6.45) is 5.45. The van der Waals surface area contributed by atoms with Gasteiger partial charge in [-0.05, 0) is 24.3 Å². The molecule has 144 valence electrons. The van der Waals surface area contributed by atoms with Crippen molar-refractivity contribution >= 4 is 17.5 Å². The molecule has 5 nitrogen and oxygen atoms in total. The third kappa shape index (κ3) is 4.19. The first kappa shape index (κ1) is 18.5. The summed E-state index contributed by atoms with van der Waals surface area (Å²) in [5.41, 5.74) is 1.32. The molecule has 0 spiro atoms. The molecular weight excluding hydrogens is 360 g/mol. The number of hydrogen-bond acceptors (Lipinski definition) is 3. The SMILES string of the molecule is CC1CN(Cc2ccccc2)CC1C(=O)N1CCC(n2cc(Cl)cn2)CC1. The molecule has 4 rings (SSSR count). The molecule has 2 aliphatic rings. The van der Waals surface area contributed by atoms with Crippen molar-refractivity contribution in [2.75, 3.05) is 26.2 Å². The standard InChI is InChI=1S/C21H27ClN4O/c1-16-12-24(13-17-5-3-2-4-6-17)15-20(16)21(27)25-9-7-19(8-10-25)26-14-18(22)11-23-26/h2-6,11,14,16,19-20H,7-10,12-13,15H2,1H3. The molecule has 0 saturated carbocycles. The van der Waals surface area contributed by atoms with Crippen molar-refractivity contribution in [3.8, 4) is 0 Å². The van der Waals surface area contributed by atoms with Crippen LogP contribution in [0.4, 0.5) is 0 Å². The molecule has 2 unspecified atom stereocenters. The smallest absolute Gasteiger partial charge is 0.227 e. The van der Waals surface area contributed by atoms with Gasteiger partial charge in [-0.1, -0.05) is 48.9 Å². The van der Waals surface area contributed by atoms with E-state index in [0.29, 0.717) is 22.9 Å². The zero-order valence-corrected chi connectivity index (χ0v) is 16.6. The van der Waals surface area contributed by atoms with E-state index in [0.717, 1.165) is 45.6 Å². The Balaban J connectivity index is 1.32. The number of aromatic nitrogens is 2. The van der Waals surface area contributed by atoms with Crippen molar-refractivity contribution in [2.45, 2.75) is 32.4 Å². The Labute approximate surface area is 165 Å². The molecule has 2 atom stereocenters. The molecule has 3 heterocycles. The number of nitrogens with zero attached hydrogens (tertiary/aromatic N) is 4. The minimum atomic E-state index is 0.115. The van der Waals surface area contributed by atoms with E-state index in [2.05, 4.69) is 46.1 Å². The lowest BCUT2D eigenvalue weighted by Crippen LogP contribution is -2.44. The Morgan fingerprint density at radius 3 is 2.59 bits per heavy atom. The molecule has 0 bridgehead atoms. The van der Waals surface area contributed by atoms with E-state index >= 15 is 0 Å². The lowest BCUT2D eigenvalue weighted by Gasteiger charge is -2.34. The van der Waals surface area contributed by atoms with Crippen molar-refractivity contribution < 1.29 is 4.79 Å². The predicted octanol–water partition coefficient (Wildman–Crippen LogP) is 3.47. The minimum absolute atomic E-state index is 0.115. The second kappa shape index (κ2) is 8.03. The summed E-state index contributed by atoms with van der Waals surface area (Å²) in [4.78, 5) is 17.6. The Bertz CT molecular complexity index is 769. The van der Waals surface area contributed by atoms with Crippen molar-refractivity contribution in [3.05, 3.63) is 53.3 Å². The average Bonchev–Trinajstić information content (AvgIpc) is 3.28. The van der Waals surface area contributed by atoms with Crippen LogP contribution in [0, 0.1) is 11.8 Å². The number of carbonyl (C=O) groups excluding carboxylic acids is 1. The summed E-state index contributed by atoms with van der Waals surface area (Å²) >= 11 is 5.98. The highest BCUT2D eigenvalue weighted by Gasteiger charge is 2.38. The minimum Gasteiger partial charge on any atom is -0.342 e. The van der Waals surface area contributed by atoms with Gasteiger partial charge in [-0.15, -0.1) is 0 Å². The van der Waals surface area contributed by atoms with Gasteiger partial charge >= 0.3 is 0 Å². The highest BCUT2D eigenvalue weighted by atomic mass is 35.5. The van der Waals surface area contributed by atoms with E-state index in [1.54, 1.807) is 6.20 Å². The summed E-state index contributed by atoms with van der Waals surface area (Å²) < 4.78 is 1.95. The number of rotatable bonds is 4. The fourth-order valence-electron chi connectivity index (χ4n) is 4.46. The largest absolute Gasteiger partial charge is 0.342 e. The van der Waals surface area contributed by atoms with Gasteiger partial charge < -0.3 is 4.90 Å². The molecule has 2 aliphatic heterocycles. The third-order valence-electron chi connectivity index (χ3n) is 5.97. The maximum Gasteiger partial charge on any atom is 0.227 e. The molecule has 27 heavy (non-hydrogen) atoms. The number of amides is 1. The molecule has 0 radical (unpaired) electrons. The van der Waals surface area contributed by atoms with E-state index in [-0.39, 0.29) is 5.92 Å². The molecule has 1 aromatic heterocycles. The van der Waals surface area contributed by atoms with Crippen LogP contribution in [-0.2, 0) is 11.3 Å². The first-order chi connectivity index (χ1) is 13.1. The number of likely N-dealkylation sites (tertiary alicyclic amines) is 2. The van der Waals surface area contributed by atoms with Crippen LogP contribution < -0.4 is 0 Å². The van der Waals surface area contributed by atoms with Crippen LogP contribution in [0.5, 0.6) is 0 Å². The summed E-state index contributed by atoms with van der Waals surface area (Å²) in [6, 6.07) is 10.9. The molecule has 1 aromatic carbocycles. The second-order valence-electron chi connectivity index (χ2n) is 7.96. The van der Waals surface area contributed by atoms with E-state index in [1.807, 2.05) is 16.9 Å². The lowest BCUT2D eigenvalue weighted by molar-refractivity contribution is -0.137. The summed E-state index contributed by atoms with van der Waals surface area (Å²) in [6.45, 7) is 6.62. The van der Waals surface area contributed by atoms with Crippen LogP contribution in [0.15, 0.2) is 42.7 Å². The Hall–Kier alpha value is -1.85. The first-order valence-corrected chi connectivity index (χ1v) is 10.2. The summed E-state index contributed by atoms with van der Waals surface area (Å²) in [5.74, 6) is 0.850. The van der Waals surface area contributed by atoms with Gasteiger partial charge in [-0.2, -0.15) is 5.10 Å². The fraction of sp³-hybridized carbons (Fsp3) is 0.524. The van der Waals surface area contributed by atoms with Crippen molar-refractivity contribution in [3.63, 3.8) is 0 Å². The summed E-state index contributed by atoms with van der Waals surface area (Å²) in [7, 11) is 0. The molecule has 2 fully saturated rings. The van der Waals surface area contributed by atoms with Gasteiger partial charge in [-0.3, -0.25) is 14.4 Å². The fourth-order valence-corrected chi connectivity index (χ4v) is 4.60. The molecule has 6 heteroatoms. The van der Waals surface area contributed by atoms with Crippen molar-refractivity contribution in [2.24, 2.45) is 11.8 Å². The van der Waals surface area contributed by atoms with Gasteiger partial charge in [-0.25, -0.2) is 0 Å². The van der Waals surface area contributed by atoms with Gasteiger partial charge in [0.1, 0.15) is 0 Å². The molecule has 2 aromatic rings. The van der Waals surface area contributed by atoms with Gasteiger partial charge in [0.15, 0.2) is 0 Å². The van der Waals surface area contributed by atoms with Crippen LogP contribution in [-0.4, -0.2) is 51.7 Å². The maximum absolute atomic E-state index is 13.1. The number of carbonyl (C=O) groups is 1. The van der Waals surface area contributed by atoms with E-state index in [9.17, 15) is 4.79 Å². The topological polar surface area (TPSA) is 41.4 Å². The van der Waals surface area contributed by atoms with Gasteiger partial charge in [0.05, 0.1) is 23.2 Å². The highest BCUT2D eigenvalue weighted by Crippen LogP contribution is 2.29. The molecule has 1 amide bonds. The van der Waals surface area contributed by atoms with E-state index < -0.39 is 0 Å². The van der Waals surface area contributed by atoms with Gasteiger partial charge in [0, 0.05) is 38.9 Å². The average molecular weight is 387 g/mol. The normalized spacial score (nSPS) is 24.4. The zero-order valence-electron chi connectivity index (χ0n) is 15.8. The number of halogens is 1. The van der Waals surface area contributed by atoms with Crippen LogP contribution in [0.2, 0.25) is 5.02 Å². The molecule has 0 aliphatic carbocycles. The maximum atomic E-state index is 13.1. The van der Waals surface area contributed by atoms with E-state index in [1.165, 1.54) is 5.56 Å². The Kier molecular flexibility index (Phi) is 5.50. The van der Waals surface area contributed by atoms with Crippen LogP contribution >= 0.6 is 11.6 Å². The van der Waals surface area contributed by atoms with Crippen LogP contribution in [0.25, 0.3) is 0 Å². The Morgan fingerprint density at radius 2 is 1.93 bits per heavy atom. The molecular formula is C21H27ClN4O. The number of piperidine rings is 1. The number of hydrogen-bond donors (Lipinski definition) is 0. The Morgan fingerprint density at radius 1 is 1.19 bits per heavy atom. The second-order valence-corrected chi connectivity index (χ2v) is 8.39. The molecule has 2 saturated heterocycles. The highest BCUT2D eigenvalue weighted by molar-refractivity contribution is 6.30. The first-order valence-electron chi connectivity index (χ1n) is 9.85. The predicted molar refractivity (Wildman–Crippen MR) is 106 cm³/mol. The van der Waals surface area contributed by atoms with Crippen LogP contribution in [0.1, 0.15) is 31.4 Å². The lowest BCUT2D eigenvalue weighted by atomic mass is 9.95. The van der Waals surface area contributed by atoms with Gasteiger partial charge in [0.25, 0.3) is 0 Å². The quantitative estimate of drug-likeness (QED) is 0.807.